The Kier molecular flexibility index (Phi) is 8.29. The quantitative estimate of drug-likeness (QED) is 0.606. The van der Waals surface area contributed by atoms with Crippen LogP contribution in [-0.2, 0) is 0 Å². The first-order valence-corrected chi connectivity index (χ1v) is 6.60. The molecular weight excluding hydrogens is 196 g/mol. The molecule has 0 bridgehead atoms. The second-order valence-corrected chi connectivity index (χ2v) is 5.74. The first kappa shape index (κ1) is 15.4. The molecule has 94 valence electrons. The smallest absolute Gasteiger partial charge is 0.0683 e. The predicted molar refractivity (Wildman–Crippen MR) is 70.2 cm³/mol. The third-order valence-electron chi connectivity index (χ3n) is 2.84. The molecule has 2 heteroatoms. The Hall–Kier alpha value is -0.550. The van der Waals surface area contributed by atoms with Gasteiger partial charge in [-0.3, -0.25) is 0 Å². The third-order valence-corrected chi connectivity index (χ3v) is 2.84. The van der Waals surface area contributed by atoms with Crippen LogP contribution in [-0.4, -0.2) is 13.1 Å². The zero-order valence-corrected chi connectivity index (χ0v) is 11.5. The van der Waals surface area contributed by atoms with Gasteiger partial charge in [-0.25, -0.2) is 0 Å². The lowest BCUT2D eigenvalue weighted by atomic mass is 9.89. The summed E-state index contributed by atoms with van der Waals surface area (Å²) in [6, 6.07) is 2.34. The summed E-state index contributed by atoms with van der Waals surface area (Å²) in [5.74, 6) is 0.818. The van der Waals surface area contributed by atoms with Gasteiger partial charge in [-0.2, -0.15) is 5.26 Å². The van der Waals surface area contributed by atoms with E-state index in [-0.39, 0.29) is 5.41 Å². The zero-order chi connectivity index (χ0) is 12.4. The van der Waals surface area contributed by atoms with Gasteiger partial charge in [-0.1, -0.05) is 20.3 Å². The molecule has 1 N–H and O–H groups in total. The Bertz CT molecular complexity index is 201. The molecule has 0 aromatic rings. The summed E-state index contributed by atoms with van der Waals surface area (Å²) >= 11 is 0. The van der Waals surface area contributed by atoms with Crippen LogP contribution in [0.2, 0.25) is 0 Å². The second kappa shape index (κ2) is 8.58. The number of hydrogen-bond donors (Lipinski definition) is 1. The lowest BCUT2D eigenvalue weighted by Crippen LogP contribution is -2.17. The van der Waals surface area contributed by atoms with E-state index in [1.165, 1.54) is 19.3 Å². The van der Waals surface area contributed by atoms with E-state index in [1.54, 1.807) is 0 Å². The summed E-state index contributed by atoms with van der Waals surface area (Å²) in [6.07, 6.45) is 5.94. The summed E-state index contributed by atoms with van der Waals surface area (Å²) in [4.78, 5) is 0. The fourth-order valence-corrected chi connectivity index (χ4v) is 1.63. The van der Waals surface area contributed by atoms with Crippen LogP contribution < -0.4 is 5.32 Å². The molecule has 0 atom stereocenters. The Morgan fingerprint density at radius 2 is 1.75 bits per heavy atom. The highest BCUT2D eigenvalue weighted by Gasteiger charge is 2.14. The van der Waals surface area contributed by atoms with Gasteiger partial charge in [0.15, 0.2) is 0 Å². The Morgan fingerprint density at radius 1 is 1.12 bits per heavy atom. The van der Waals surface area contributed by atoms with E-state index in [4.69, 9.17) is 5.26 Å². The molecule has 0 aromatic heterocycles. The Morgan fingerprint density at radius 3 is 2.31 bits per heavy atom. The normalized spacial score (nSPS) is 11.8. The highest BCUT2D eigenvalue weighted by molar-refractivity contribution is 4.91. The summed E-state index contributed by atoms with van der Waals surface area (Å²) in [5.41, 5.74) is -0.141. The molecule has 0 unspecified atom stereocenters. The van der Waals surface area contributed by atoms with Crippen molar-refractivity contribution in [2.24, 2.45) is 11.3 Å². The molecule has 0 fully saturated rings. The first-order valence-electron chi connectivity index (χ1n) is 6.60. The van der Waals surface area contributed by atoms with Crippen molar-refractivity contribution in [2.75, 3.05) is 13.1 Å². The highest BCUT2D eigenvalue weighted by atomic mass is 14.8. The maximum absolute atomic E-state index is 8.85. The minimum absolute atomic E-state index is 0.141. The molecule has 2 nitrogen and oxygen atoms in total. The highest BCUT2D eigenvalue weighted by Crippen LogP contribution is 2.21. The van der Waals surface area contributed by atoms with Crippen LogP contribution in [0.1, 0.15) is 59.8 Å². The van der Waals surface area contributed by atoms with Crippen molar-refractivity contribution in [1.82, 2.24) is 5.32 Å². The summed E-state index contributed by atoms with van der Waals surface area (Å²) in [6.45, 7) is 10.8. The molecule has 0 amide bonds. The molecule has 0 spiro atoms. The first-order chi connectivity index (χ1) is 7.48. The molecule has 0 radical (unpaired) electrons. The van der Waals surface area contributed by atoms with Gasteiger partial charge in [0.2, 0.25) is 0 Å². The number of rotatable bonds is 9. The van der Waals surface area contributed by atoms with E-state index in [1.807, 2.05) is 13.8 Å². The molecule has 0 rings (SSSR count). The van der Waals surface area contributed by atoms with Crippen LogP contribution in [0.4, 0.5) is 0 Å². The van der Waals surface area contributed by atoms with Gasteiger partial charge in [0.1, 0.15) is 0 Å². The third kappa shape index (κ3) is 9.98. The fourth-order valence-electron chi connectivity index (χ4n) is 1.63. The molecule has 16 heavy (non-hydrogen) atoms. The van der Waals surface area contributed by atoms with Crippen LogP contribution in [0.15, 0.2) is 0 Å². The summed E-state index contributed by atoms with van der Waals surface area (Å²) < 4.78 is 0. The van der Waals surface area contributed by atoms with Gasteiger partial charge < -0.3 is 5.32 Å². The van der Waals surface area contributed by atoms with E-state index >= 15 is 0 Å². The summed E-state index contributed by atoms with van der Waals surface area (Å²) in [7, 11) is 0. The van der Waals surface area contributed by atoms with E-state index in [2.05, 4.69) is 25.2 Å². The largest absolute Gasteiger partial charge is 0.317 e. The van der Waals surface area contributed by atoms with Crippen LogP contribution in [0.5, 0.6) is 0 Å². The predicted octanol–water partition coefficient (Wildman–Crippen LogP) is 3.73. The van der Waals surface area contributed by atoms with Crippen molar-refractivity contribution in [3.05, 3.63) is 0 Å². The van der Waals surface area contributed by atoms with Gasteiger partial charge in [0.25, 0.3) is 0 Å². The molecule has 0 saturated heterocycles. The minimum atomic E-state index is -0.141. The van der Waals surface area contributed by atoms with E-state index in [0.717, 1.165) is 31.8 Å². The van der Waals surface area contributed by atoms with E-state index in [9.17, 15) is 0 Å². The van der Waals surface area contributed by atoms with Gasteiger partial charge in [-0.15, -0.1) is 0 Å². The SMILES string of the molecule is CC(C)CCCNCCCCC(C)(C)C#N. The van der Waals surface area contributed by atoms with Crippen LogP contribution in [0.25, 0.3) is 0 Å². The summed E-state index contributed by atoms with van der Waals surface area (Å²) in [5, 5.41) is 12.3. The maximum Gasteiger partial charge on any atom is 0.0683 e. The lowest BCUT2D eigenvalue weighted by molar-refractivity contribution is 0.421. The number of nitriles is 1. The Balaban J connectivity index is 3.20. The maximum atomic E-state index is 8.85. The second-order valence-electron chi connectivity index (χ2n) is 5.74. The molecule has 0 heterocycles. The van der Waals surface area contributed by atoms with E-state index < -0.39 is 0 Å². The van der Waals surface area contributed by atoms with Crippen LogP contribution in [0, 0.1) is 22.7 Å². The molecular formula is C14H28N2. The van der Waals surface area contributed by atoms with Crippen molar-refractivity contribution in [2.45, 2.75) is 59.8 Å². The van der Waals surface area contributed by atoms with Gasteiger partial charge in [0, 0.05) is 0 Å². The fraction of sp³-hybridized carbons (Fsp3) is 0.929. The van der Waals surface area contributed by atoms with Crippen molar-refractivity contribution in [3.63, 3.8) is 0 Å². The van der Waals surface area contributed by atoms with Crippen molar-refractivity contribution >= 4 is 0 Å². The average Bonchev–Trinajstić information content (AvgIpc) is 2.21. The topological polar surface area (TPSA) is 35.8 Å². The van der Waals surface area contributed by atoms with Crippen LogP contribution in [0.3, 0.4) is 0 Å². The zero-order valence-electron chi connectivity index (χ0n) is 11.5. The minimum Gasteiger partial charge on any atom is -0.317 e. The standard InChI is InChI=1S/C14H28N2/c1-13(2)8-7-11-16-10-6-5-9-14(3,4)12-15/h13,16H,5-11H2,1-4H3. The number of hydrogen-bond acceptors (Lipinski definition) is 2. The monoisotopic (exact) mass is 224 g/mol. The van der Waals surface area contributed by atoms with Crippen molar-refractivity contribution in [3.8, 4) is 6.07 Å². The van der Waals surface area contributed by atoms with Crippen molar-refractivity contribution in [1.29, 1.82) is 5.26 Å². The van der Waals surface area contributed by atoms with Crippen molar-refractivity contribution < 1.29 is 0 Å². The molecule has 0 aliphatic heterocycles. The molecule has 0 aromatic carbocycles. The van der Waals surface area contributed by atoms with Gasteiger partial charge in [0.05, 0.1) is 11.5 Å². The Labute approximate surface area is 101 Å². The lowest BCUT2D eigenvalue weighted by Gasteiger charge is -2.14. The molecule has 0 aliphatic rings. The molecule has 0 saturated carbocycles. The van der Waals surface area contributed by atoms with Gasteiger partial charge >= 0.3 is 0 Å². The number of nitrogens with one attached hydrogen (secondary N) is 1. The van der Waals surface area contributed by atoms with E-state index in [0.29, 0.717) is 0 Å². The number of unbranched alkanes of at least 4 members (excludes halogenated alkanes) is 1. The number of nitrogens with zero attached hydrogens (tertiary/aromatic N) is 1. The average molecular weight is 224 g/mol. The van der Waals surface area contributed by atoms with Gasteiger partial charge in [-0.05, 0) is 58.5 Å². The molecule has 0 aliphatic carbocycles. The van der Waals surface area contributed by atoms with Crippen LogP contribution >= 0.6 is 0 Å².